The van der Waals surface area contributed by atoms with Crippen LogP contribution in [-0.2, 0) is 14.3 Å². The summed E-state index contributed by atoms with van der Waals surface area (Å²) in [6, 6.07) is 12.9. The molecule has 212 valence electrons. The number of aromatic nitrogens is 2. The molecule has 3 aromatic rings. The van der Waals surface area contributed by atoms with Gasteiger partial charge in [0.1, 0.15) is 29.4 Å². The van der Waals surface area contributed by atoms with E-state index in [9.17, 15) is 23.9 Å². The van der Waals surface area contributed by atoms with Crippen LogP contribution in [0.4, 0.5) is 14.9 Å². The second-order valence-electron chi connectivity index (χ2n) is 10.6. The third kappa shape index (κ3) is 8.34. The number of rotatable bonds is 10. The van der Waals surface area contributed by atoms with E-state index < -0.39 is 41.8 Å². The molecule has 1 aromatic heterocycles. The van der Waals surface area contributed by atoms with Gasteiger partial charge in [-0.3, -0.25) is 14.9 Å². The highest BCUT2D eigenvalue weighted by molar-refractivity contribution is 5.95. The number of aliphatic hydroxyl groups is 1. The lowest BCUT2D eigenvalue weighted by molar-refractivity contribution is -0.140. The molecular formula is C30H34FN3O6. The molecule has 40 heavy (non-hydrogen) atoms. The molecule has 1 unspecified atom stereocenters. The summed E-state index contributed by atoms with van der Waals surface area (Å²) in [6.07, 6.45) is 0.111. The van der Waals surface area contributed by atoms with Crippen molar-refractivity contribution in [1.82, 2.24) is 9.55 Å². The maximum absolute atomic E-state index is 13.8. The fourth-order valence-electron chi connectivity index (χ4n) is 3.99. The molecule has 10 heteroatoms. The molecule has 0 saturated heterocycles. The fraction of sp³-hybridized carbons (Fsp3) is 0.333. The number of hydrogen-bond donors (Lipinski definition) is 3. The second-order valence-corrected chi connectivity index (χ2v) is 10.6. The first kappa shape index (κ1) is 30.2. The Labute approximate surface area is 232 Å². The Balaban J connectivity index is 2.09. The monoisotopic (exact) mass is 551 g/mol. The molecule has 0 fully saturated rings. The van der Waals surface area contributed by atoms with Gasteiger partial charge in [0.25, 0.3) is 0 Å². The molecule has 0 bridgehead atoms. The van der Waals surface area contributed by atoms with Crippen LogP contribution in [0.25, 0.3) is 28.7 Å². The van der Waals surface area contributed by atoms with Gasteiger partial charge in [-0.2, -0.15) is 0 Å². The minimum Gasteiger partial charge on any atom is -0.481 e. The summed E-state index contributed by atoms with van der Waals surface area (Å²) in [5, 5.41) is 22.0. The van der Waals surface area contributed by atoms with Crippen molar-refractivity contribution >= 4 is 29.7 Å². The Bertz CT molecular complexity index is 1400. The minimum absolute atomic E-state index is 0.0774. The Hall–Kier alpha value is -4.31. The van der Waals surface area contributed by atoms with Crippen molar-refractivity contribution in [2.24, 2.45) is 0 Å². The standard InChI is InChI=1S/C30H34FN3O6/c1-18(2)28-33-26(20-7-6-8-22(15-20)32-29(39)40-30(3,4)5)27(19-9-11-21(31)12-10-19)34(28)14-13-23(35)16-24(36)17-25(37)38/h6-15,18,23,35H,16-17H2,1-5H3,(H,32,39)(H,37,38)/b14-13+. The zero-order valence-corrected chi connectivity index (χ0v) is 23.1. The molecule has 0 aliphatic rings. The molecule has 0 saturated carbocycles. The number of hydrogen-bond acceptors (Lipinski definition) is 6. The number of carboxylic acid groups (broad SMARTS) is 1. The van der Waals surface area contributed by atoms with Crippen molar-refractivity contribution in [3.63, 3.8) is 0 Å². The number of carboxylic acids is 1. The fourth-order valence-corrected chi connectivity index (χ4v) is 3.99. The molecule has 9 nitrogen and oxygen atoms in total. The van der Waals surface area contributed by atoms with E-state index >= 15 is 0 Å². The SMILES string of the molecule is CC(C)c1nc(-c2cccc(NC(=O)OC(C)(C)C)c2)c(-c2ccc(F)cc2)n1/C=C/C(O)CC(=O)CC(=O)O. The highest BCUT2D eigenvalue weighted by atomic mass is 19.1. The van der Waals surface area contributed by atoms with Gasteiger partial charge in [0.05, 0.1) is 17.5 Å². The summed E-state index contributed by atoms with van der Waals surface area (Å²) < 4.78 is 20.9. The number of carbonyl (C=O) groups excluding carboxylic acids is 2. The lowest BCUT2D eigenvalue weighted by atomic mass is 10.0. The maximum Gasteiger partial charge on any atom is 0.412 e. The molecule has 1 atom stereocenters. The average Bonchev–Trinajstić information content (AvgIpc) is 3.21. The Morgan fingerprint density at radius 2 is 1.77 bits per heavy atom. The highest BCUT2D eigenvalue weighted by Gasteiger charge is 2.22. The largest absolute Gasteiger partial charge is 0.481 e. The molecule has 0 aliphatic heterocycles. The minimum atomic E-state index is -1.26. The first-order valence-electron chi connectivity index (χ1n) is 12.8. The first-order chi connectivity index (χ1) is 18.7. The number of anilines is 1. The van der Waals surface area contributed by atoms with E-state index in [0.717, 1.165) is 0 Å². The number of aliphatic carboxylic acids is 1. The van der Waals surface area contributed by atoms with E-state index in [1.807, 2.05) is 19.9 Å². The van der Waals surface area contributed by atoms with Gasteiger partial charge in [-0.15, -0.1) is 0 Å². The van der Waals surface area contributed by atoms with Crippen LogP contribution in [-0.4, -0.2) is 49.3 Å². The Morgan fingerprint density at radius 1 is 1.10 bits per heavy atom. The lowest BCUT2D eigenvalue weighted by Gasteiger charge is -2.19. The van der Waals surface area contributed by atoms with Gasteiger partial charge in [0, 0.05) is 35.4 Å². The number of nitrogens with zero attached hydrogens (tertiary/aromatic N) is 2. The van der Waals surface area contributed by atoms with E-state index in [-0.39, 0.29) is 12.3 Å². The molecular weight excluding hydrogens is 517 g/mol. The number of ether oxygens (including phenoxy) is 1. The number of aliphatic hydroxyl groups excluding tert-OH is 1. The summed E-state index contributed by atoms with van der Waals surface area (Å²) >= 11 is 0. The van der Waals surface area contributed by atoms with Crippen molar-refractivity contribution in [3.8, 4) is 22.5 Å². The normalized spacial score (nSPS) is 12.5. The van der Waals surface area contributed by atoms with Crippen LogP contribution >= 0.6 is 0 Å². The van der Waals surface area contributed by atoms with Crippen LogP contribution in [0, 0.1) is 5.82 Å². The number of amides is 1. The third-order valence-corrected chi connectivity index (χ3v) is 5.60. The second kappa shape index (κ2) is 12.7. The van der Waals surface area contributed by atoms with E-state index in [2.05, 4.69) is 5.32 Å². The Morgan fingerprint density at radius 3 is 2.38 bits per heavy atom. The van der Waals surface area contributed by atoms with Crippen LogP contribution in [0.3, 0.4) is 0 Å². The predicted octanol–water partition coefficient (Wildman–Crippen LogP) is 6.09. The number of benzene rings is 2. The van der Waals surface area contributed by atoms with Gasteiger partial charge in [-0.1, -0.05) is 26.0 Å². The zero-order chi connectivity index (χ0) is 29.6. The quantitative estimate of drug-likeness (QED) is 0.260. The molecule has 2 aromatic carbocycles. The highest BCUT2D eigenvalue weighted by Crippen LogP contribution is 2.36. The topological polar surface area (TPSA) is 131 Å². The van der Waals surface area contributed by atoms with Gasteiger partial charge in [-0.25, -0.2) is 14.2 Å². The van der Waals surface area contributed by atoms with E-state index in [4.69, 9.17) is 14.8 Å². The van der Waals surface area contributed by atoms with Crippen molar-refractivity contribution < 1.29 is 33.7 Å². The van der Waals surface area contributed by atoms with E-state index in [1.54, 1.807) is 61.9 Å². The van der Waals surface area contributed by atoms with Gasteiger partial charge < -0.3 is 19.5 Å². The Kier molecular flexibility index (Phi) is 9.60. The van der Waals surface area contributed by atoms with Crippen LogP contribution in [0.1, 0.15) is 59.2 Å². The van der Waals surface area contributed by atoms with Crippen LogP contribution in [0.15, 0.2) is 54.6 Å². The molecule has 1 heterocycles. The molecule has 0 aliphatic carbocycles. The number of nitrogens with one attached hydrogen (secondary N) is 1. The molecule has 0 spiro atoms. The number of carbonyl (C=O) groups is 3. The van der Waals surface area contributed by atoms with Crippen molar-refractivity contribution in [2.75, 3.05) is 5.32 Å². The first-order valence-corrected chi connectivity index (χ1v) is 12.8. The van der Waals surface area contributed by atoms with Crippen LogP contribution in [0.2, 0.25) is 0 Å². The third-order valence-electron chi connectivity index (χ3n) is 5.60. The molecule has 0 radical (unpaired) electrons. The smallest absolute Gasteiger partial charge is 0.412 e. The number of halogens is 1. The summed E-state index contributed by atoms with van der Waals surface area (Å²) in [6.45, 7) is 9.19. The van der Waals surface area contributed by atoms with Crippen molar-refractivity contribution in [3.05, 3.63) is 66.2 Å². The number of Topliss-reactive ketones (excluding diaryl/α,β-unsaturated/α-hetero) is 1. The van der Waals surface area contributed by atoms with Crippen LogP contribution in [0.5, 0.6) is 0 Å². The number of imidazole rings is 1. The summed E-state index contributed by atoms with van der Waals surface area (Å²) in [5.74, 6) is -1.73. The zero-order valence-electron chi connectivity index (χ0n) is 23.1. The van der Waals surface area contributed by atoms with E-state index in [1.165, 1.54) is 18.2 Å². The predicted molar refractivity (Wildman–Crippen MR) is 150 cm³/mol. The lowest BCUT2D eigenvalue weighted by Crippen LogP contribution is -2.27. The molecule has 1 amide bonds. The van der Waals surface area contributed by atoms with E-state index in [0.29, 0.717) is 34.0 Å². The molecule has 3 rings (SSSR count). The van der Waals surface area contributed by atoms with Gasteiger partial charge in [0.2, 0.25) is 0 Å². The van der Waals surface area contributed by atoms with Crippen LogP contribution < -0.4 is 5.32 Å². The van der Waals surface area contributed by atoms with Gasteiger partial charge in [0.15, 0.2) is 0 Å². The van der Waals surface area contributed by atoms with Crippen molar-refractivity contribution in [2.45, 2.75) is 65.1 Å². The summed E-state index contributed by atoms with van der Waals surface area (Å²) in [7, 11) is 0. The van der Waals surface area contributed by atoms with Gasteiger partial charge in [-0.05, 0) is 63.2 Å². The summed E-state index contributed by atoms with van der Waals surface area (Å²) in [5.41, 5.74) is 2.27. The molecule has 3 N–H and O–H groups in total. The summed E-state index contributed by atoms with van der Waals surface area (Å²) in [4.78, 5) is 39.9. The number of ketones is 1. The maximum atomic E-state index is 13.8. The average molecular weight is 552 g/mol. The van der Waals surface area contributed by atoms with Gasteiger partial charge >= 0.3 is 12.1 Å². The van der Waals surface area contributed by atoms with Crippen molar-refractivity contribution in [1.29, 1.82) is 0 Å².